The lowest BCUT2D eigenvalue weighted by Crippen LogP contribution is -1.99. The normalized spacial score (nSPS) is 13.5. The van der Waals surface area contributed by atoms with E-state index in [2.05, 4.69) is 10.6 Å². The fourth-order valence-electron chi connectivity index (χ4n) is 4.14. The summed E-state index contributed by atoms with van der Waals surface area (Å²) in [5, 5.41) is 1.57. The van der Waals surface area contributed by atoms with Crippen molar-refractivity contribution in [1.82, 2.24) is 4.57 Å². The van der Waals surface area contributed by atoms with E-state index >= 15 is 0 Å². The molecule has 0 unspecified atom stereocenters. The summed E-state index contributed by atoms with van der Waals surface area (Å²) >= 11 is 13.6. The van der Waals surface area contributed by atoms with Gasteiger partial charge in [-0.1, -0.05) is 41.4 Å². The fourth-order valence-corrected chi connectivity index (χ4v) is 5.54. The first-order chi connectivity index (χ1) is 15.4. The number of aromatic nitrogens is 1. The van der Waals surface area contributed by atoms with E-state index in [1.165, 1.54) is 23.5 Å². The number of furan rings is 1. The van der Waals surface area contributed by atoms with Crippen LogP contribution in [0.2, 0.25) is 10.0 Å². The number of fused-ring (bicyclic) bond motifs is 3. The van der Waals surface area contributed by atoms with Gasteiger partial charge in [-0.3, -0.25) is 9.59 Å². The van der Waals surface area contributed by atoms with E-state index in [1.807, 2.05) is 43.4 Å². The van der Waals surface area contributed by atoms with Crippen molar-refractivity contribution >= 4 is 73.4 Å². The van der Waals surface area contributed by atoms with Crippen LogP contribution in [0.25, 0.3) is 38.7 Å². The van der Waals surface area contributed by atoms with Crippen molar-refractivity contribution in [2.45, 2.75) is 0 Å². The number of hydrogen-bond donors (Lipinski definition) is 0. The number of allylic oxidation sites excluding steroid dienone is 1. The highest BCUT2D eigenvalue weighted by Crippen LogP contribution is 2.38. The first-order valence-corrected chi connectivity index (χ1v) is 11.4. The largest absolute Gasteiger partial charge is 0.455 e. The zero-order valence-corrected chi connectivity index (χ0v) is 18.9. The number of Topliss-reactive ketones (excluding diaryl/α,β-unsaturated/α-hetero) is 2. The van der Waals surface area contributed by atoms with Crippen molar-refractivity contribution in [2.75, 3.05) is 0 Å². The summed E-state index contributed by atoms with van der Waals surface area (Å²) in [4.78, 5) is 26.5. The van der Waals surface area contributed by atoms with Crippen LogP contribution in [0.4, 0.5) is 0 Å². The van der Waals surface area contributed by atoms with Crippen LogP contribution in [0.15, 0.2) is 64.6 Å². The van der Waals surface area contributed by atoms with Gasteiger partial charge in [-0.05, 0) is 42.5 Å². The lowest BCUT2D eigenvalue weighted by molar-refractivity contribution is 0.0990. The summed E-state index contributed by atoms with van der Waals surface area (Å²) < 4.78 is 9.11. The third kappa shape index (κ3) is 2.82. The van der Waals surface area contributed by atoms with Crippen LogP contribution in [0.3, 0.4) is 0 Å². The van der Waals surface area contributed by atoms with Gasteiger partial charge >= 0.3 is 0 Å². The van der Waals surface area contributed by atoms with Crippen LogP contribution >= 0.6 is 34.5 Å². The third-order valence-corrected chi connectivity index (χ3v) is 7.49. The molecule has 156 valence electrons. The molecule has 0 atom stereocenters. The molecule has 5 aromatic rings. The average molecular weight is 478 g/mol. The molecule has 0 fully saturated rings. The van der Waals surface area contributed by atoms with Gasteiger partial charge in [0.1, 0.15) is 5.58 Å². The number of nitrogens with zero attached hydrogens (tertiary/aromatic N) is 1. The number of carbonyl (C=O) groups is 2. The Kier molecular flexibility index (Phi) is 4.24. The van der Waals surface area contributed by atoms with E-state index in [9.17, 15) is 9.59 Å². The molecule has 0 saturated heterocycles. The quantitative estimate of drug-likeness (QED) is 0.196. The van der Waals surface area contributed by atoms with Crippen LogP contribution in [-0.4, -0.2) is 16.1 Å². The van der Waals surface area contributed by atoms with Crippen LogP contribution in [0, 0.1) is 0 Å². The molecule has 0 amide bonds. The van der Waals surface area contributed by atoms with E-state index in [1.54, 1.807) is 6.08 Å². The highest BCUT2D eigenvalue weighted by Gasteiger charge is 2.34. The lowest BCUT2D eigenvalue weighted by atomic mass is 10.1. The predicted molar refractivity (Wildman–Crippen MR) is 129 cm³/mol. The van der Waals surface area contributed by atoms with Crippen molar-refractivity contribution in [1.29, 1.82) is 0 Å². The Balaban J connectivity index is 1.40. The molecule has 0 radical (unpaired) electrons. The number of ketones is 2. The molecule has 7 heteroatoms. The second-order valence-corrected chi connectivity index (χ2v) is 9.59. The molecule has 32 heavy (non-hydrogen) atoms. The summed E-state index contributed by atoms with van der Waals surface area (Å²) in [5.41, 5.74) is 3.52. The molecule has 3 aromatic heterocycles. The molecule has 0 aliphatic heterocycles. The predicted octanol–water partition coefficient (Wildman–Crippen LogP) is 7.42. The van der Waals surface area contributed by atoms with Gasteiger partial charge in [0.05, 0.1) is 31.5 Å². The molecular formula is C25H13Cl2NO3S. The number of carbonyl (C=O) groups excluding carboxylic acids is 2. The smallest absolute Gasteiger partial charge is 0.197 e. The van der Waals surface area contributed by atoms with Crippen molar-refractivity contribution in [3.63, 3.8) is 0 Å². The van der Waals surface area contributed by atoms with Crippen molar-refractivity contribution < 1.29 is 14.0 Å². The van der Waals surface area contributed by atoms with E-state index < -0.39 is 0 Å². The van der Waals surface area contributed by atoms with Crippen LogP contribution in [0.1, 0.15) is 25.6 Å². The van der Waals surface area contributed by atoms with E-state index in [4.69, 9.17) is 27.6 Å². The van der Waals surface area contributed by atoms with Gasteiger partial charge in [-0.15, -0.1) is 11.3 Å². The van der Waals surface area contributed by atoms with E-state index in [0.717, 1.165) is 37.5 Å². The van der Waals surface area contributed by atoms with E-state index in [-0.39, 0.29) is 27.2 Å². The second-order valence-electron chi connectivity index (χ2n) is 7.66. The zero-order chi connectivity index (χ0) is 22.1. The number of benzene rings is 2. The zero-order valence-electron chi connectivity index (χ0n) is 16.6. The highest BCUT2D eigenvalue weighted by molar-refractivity contribution is 7.19. The first-order valence-electron chi connectivity index (χ1n) is 9.79. The van der Waals surface area contributed by atoms with Crippen LogP contribution < -0.4 is 0 Å². The number of rotatable bonds is 2. The van der Waals surface area contributed by atoms with Gasteiger partial charge in [0, 0.05) is 28.4 Å². The monoisotopic (exact) mass is 477 g/mol. The summed E-state index contributed by atoms with van der Waals surface area (Å²) in [6, 6.07) is 16.9. The summed E-state index contributed by atoms with van der Waals surface area (Å²) in [7, 11) is 1.97. The molecule has 4 nitrogen and oxygen atoms in total. The summed E-state index contributed by atoms with van der Waals surface area (Å²) in [5.74, 6) is 0.135. The second kappa shape index (κ2) is 6.94. The van der Waals surface area contributed by atoms with Crippen molar-refractivity contribution in [3.05, 3.63) is 86.2 Å². The lowest BCUT2D eigenvalue weighted by Gasteiger charge is -1.99. The highest BCUT2D eigenvalue weighted by atomic mass is 35.5. The van der Waals surface area contributed by atoms with Gasteiger partial charge in [-0.2, -0.15) is 0 Å². The first kappa shape index (κ1) is 19.6. The maximum atomic E-state index is 12.8. The minimum atomic E-state index is -0.330. The summed E-state index contributed by atoms with van der Waals surface area (Å²) in [6.45, 7) is 0. The minimum Gasteiger partial charge on any atom is -0.455 e. The maximum absolute atomic E-state index is 12.8. The standard InChI is InChI=1S/C25H13Cl2NO3S/c1-28-19(22-6-12-4-2-3-5-21(12)31-22)11-23-20(28)8-13(32-23)7-16-24(29)14-9-17(26)18(27)10-15(14)25(16)30/h2-11H,1H3. The summed E-state index contributed by atoms with van der Waals surface area (Å²) in [6.07, 6.45) is 1.65. The molecule has 3 heterocycles. The Morgan fingerprint density at radius 1 is 0.938 bits per heavy atom. The molecule has 6 rings (SSSR count). The number of halogens is 2. The number of thiophene rings is 1. The van der Waals surface area contributed by atoms with E-state index in [0.29, 0.717) is 11.1 Å². The Bertz CT molecular complexity index is 1570. The van der Waals surface area contributed by atoms with Gasteiger partial charge in [0.2, 0.25) is 0 Å². The molecule has 0 N–H and O–H groups in total. The number of hydrogen-bond acceptors (Lipinski definition) is 4. The molecule has 0 bridgehead atoms. The molecule has 0 saturated carbocycles. The maximum Gasteiger partial charge on any atom is 0.197 e. The average Bonchev–Trinajstić information content (AvgIpc) is 3.50. The van der Waals surface area contributed by atoms with Gasteiger partial charge < -0.3 is 8.98 Å². The number of para-hydroxylation sites is 1. The van der Waals surface area contributed by atoms with Crippen LogP contribution in [-0.2, 0) is 7.05 Å². The van der Waals surface area contributed by atoms with Gasteiger partial charge in [0.25, 0.3) is 0 Å². The molecule has 0 spiro atoms. The van der Waals surface area contributed by atoms with Gasteiger partial charge in [0.15, 0.2) is 17.3 Å². The Labute approximate surface area is 196 Å². The van der Waals surface area contributed by atoms with Gasteiger partial charge in [-0.25, -0.2) is 0 Å². The number of aryl methyl sites for hydroxylation is 1. The fraction of sp³-hybridized carbons (Fsp3) is 0.0400. The minimum absolute atomic E-state index is 0.127. The molecular weight excluding hydrogens is 465 g/mol. The SMILES string of the molecule is Cn1c(-c2cc3ccccc3o2)cc2sc(C=C3C(=O)c4cc(Cl)c(Cl)cc4C3=O)cc21. The van der Waals surface area contributed by atoms with Crippen molar-refractivity contribution in [3.8, 4) is 11.5 Å². The Morgan fingerprint density at radius 3 is 2.28 bits per heavy atom. The topological polar surface area (TPSA) is 52.2 Å². The molecule has 1 aliphatic rings. The van der Waals surface area contributed by atoms with Crippen molar-refractivity contribution in [2.24, 2.45) is 7.05 Å². The third-order valence-electron chi connectivity index (χ3n) is 5.75. The van der Waals surface area contributed by atoms with Crippen LogP contribution in [0.5, 0.6) is 0 Å². The Hall–Kier alpha value is -3.12. The molecule has 2 aromatic carbocycles. The molecule has 1 aliphatic carbocycles. The Morgan fingerprint density at radius 2 is 1.62 bits per heavy atom.